The average Bonchev–Trinajstić information content (AvgIpc) is 2.73. The number of morpholine rings is 1. The molecule has 3 aromatic rings. The summed E-state index contributed by atoms with van der Waals surface area (Å²) >= 11 is 0. The highest BCUT2D eigenvalue weighted by molar-refractivity contribution is 5.81. The van der Waals surface area contributed by atoms with Crippen LogP contribution in [0.25, 0.3) is 10.9 Å². The number of fused-ring (bicyclic) bond motifs is 1. The van der Waals surface area contributed by atoms with E-state index in [0.29, 0.717) is 13.2 Å². The molecule has 1 fully saturated rings. The molecule has 5 nitrogen and oxygen atoms in total. The second kappa shape index (κ2) is 8.34. The molecule has 4 rings (SSSR count). The zero-order valence-corrected chi connectivity index (χ0v) is 15.6. The smallest absolute Gasteiger partial charge is 0.417 e. The minimum Gasteiger partial charge on any atom is -0.475 e. The van der Waals surface area contributed by atoms with Gasteiger partial charge in [-0.15, -0.1) is 0 Å². The highest BCUT2D eigenvalue weighted by atomic mass is 19.4. The van der Waals surface area contributed by atoms with Crippen molar-refractivity contribution >= 4 is 10.9 Å². The lowest BCUT2D eigenvalue weighted by atomic mass is 10.1. The Morgan fingerprint density at radius 2 is 1.97 bits per heavy atom. The second-order valence-electron chi connectivity index (χ2n) is 6.91. The van der Waals surface area contributed by atoms with Crippen LogP contribution in [-0.2, 0) is 17.5 Å². The maximum atomic E-state index is 12.6. The SMILES string of the molecule is FC(F)(F)c1ccc(OCC2CN(Cc3ccnc4ccccc34)CCO2)nc1. The van der Waals surface area contributed by atoms with Crippen molar-refractivity contribution in [3.05, 3.63) is 66.0 Å². The van der Waals surface area contributed by atoms with E-state index < -0.39 is 11.7 Å². The molecule has 1 saturated heterocycles. The monoisotopic (exact) mass is 403 g/mol. The molecule has 8 heteroatoms. The molecule has 0 bridgehead atoms. The van der Waals surface area contributed by atoms with E-state index in [9.17, 15) is 13.2 Å². The van der Waals surface area contributed by atoms with E-state index >= 15 is 0 Å². The van der Waals surface area contributed by atoms with Crippen molar-refractivity contribution in [2.24, 2.45) is 0 Å². The summed E-state index contributed by atoms with van der Waals surface area (Å²) in [7, 11) is 0. The number of aromatic nitrogens is 2. The zero-order chi connectivity index (χ0) is 20.3. The minimum absolute atomic E-state index is 0.152. The van der Waals surface area contributed by atoms with Gasteiger partial charge in [-0.25, -0.2) is 4.98 Å². The number of alkyl halides is 3. The number of hydrogen-bond acceptors (Lipinski definition) is 5. The fraction of sp³-hybridized carbons (Fsp3) is 0.333. The van der Waals surface area contributed by atoms with Gasteiger partial charge in [0, 0.05) is 43.5 Å². The van der Waals surface area contributed by atoms with Crippen LogP contribution in [0.2, 0.25) is 0 Å². The summed E-state index contributed by atoms with van der Waals surface area (Å²) in [6, 6.07) is 12.2. The average molecular weight is 403 g/mol. The number of halogens is 3. The Labute approximate surface area is 166 Å². The van der Waals surface area contributed by atoms with Crippen LogP contribution >= 0.6 is 0 Å². The Morgan fingerprint density at radius 3 is 2.76 bits per heavy atom. The van der Waals surface area contributed by atoms with Crippen molar-refractivity contribution in [3.8, 4) is 5.88 Å². The summed E-state index contributed by atoms with van der Waals surface area (Å²) in [6.07, 6.45) is -2.00. The molecule has 1 aromatic carbocycles. The topological polar surface area (TPSA) is 47.5 Å². The Kier molecular flexibility index (Phi) is 5.64. The van der Waals surface area contributed by atoms with Crippen LogP contribution in [0.1, 0.15) is 11.1 Å². The summed E-state index contributed by atoms with van der Waals surface area (Å²) < 4.78 is 49.1. The number of para-hydroxylation sites is 1. The Bertz CT molecular complexity index is 958. The molecule has 1 unspecified atom stereocenters. The fourth-order valence-corrected chi connectivity index (χ4v) is 3.37. The normalized spacial score (nSPS) is 18.1. The molecule has 1 aliphatic rings. The molecule has 3 heterocycles. The van der Waals surface area contributed by atoms with Gasteiger partial charge in [-0.1, -0.05) is 18.2 Å². The highest BCUT2D eigenvalue weighted by Crippen LogP contribution is 2.29. The lowest BCUT2D eigenvalue weighted by Crippen LogP contribution is -2.44. The zero-order valence-electron chi connectivity index (χ0n) is 15.6. The van der Waals surface area contributed by atoms with Crippen LogP contribution in [0.15, 0.2) is 54.9 Å². The van der Waals surface area contributed by atoms with Crippen molar-refractivity contribution in [3.63, 3.8) is 0 Å². The molecule has 29 heavy (non-hydrogen) atoms. The van der Waals surface area contributed by atoms with Gasteiger partial charge in [0.05, 0.1) is 17.7 Å². The summed E-state index contributed by atoms with van der Waals surface area (Å²) in [5.41, 5.74) is 1.36. The van der Waals surface area contributed by atoms with E-state index in [4.69, 9.17) is 9.47 Å². The molecule has 1 atom stereocenters. The maximum Gasteiger partial charge on any atom is 0.417 e. The van der Waals surface area contributed by atoms with Gasteiger partial charge >= 0.3 is 6.18 Å². The number of pyridine rings is 2. The Balaban J connectivity index is 1.35. The van der Waals surface area contributed by atoms with Gasteiger partial charge in [-0.3, -0.25) is 9.88 Å². The van der Waals surface area contributed by atoms with E-state index in [0.717, 1.165) is 36.3 Å². The van der Waals surface area contributed by atoms with Crippen LogP contribution in [0.4, 0.5) is 13.2 Å². The van der Waals surface area contributed by atoms with E-state index in [1.807, 2.05) is 30.5 Å². The van der Waals surface area contributed by atoms with Gasteiger partial charge in [0.2, 0.25) is 5.88 Å². The number of rotatable bonds is 5. The lowest BCUT2D eigenvalue weighted by Gasteiger charge is -2.32. The first-order valence-corrected chi connectivity index (χ1v) is 9.32. The third kappa shape index (κ3) is 4.83. The van der Waals surface area contributed by atoms with Gasteiger partial charge in [0.25, 0.3) is 0 Å². The van der Waals surface area contributed by atoms with Gasteiger partial charge in [-0.05, 0) is 23.8 Å². The van der Waals surface area contributed by atoms with Crippen molar-refractivity contribution in [2.75, 3.05) is 26.3 Å². The van der Waals surface area contributed by atoms with Gasteiger partial charge < -0.3 is 9.47 Å². The number of benzene rings is 1. The number of hydrogen-bond donors (Lipinski definition) is 0. The predicted molar refractivity (Wildman–Crippen MR) is 101 cm³/mol. The molecule has 0 N–H and O–H groups in total. The molecule has 2 aromatic heterocycles. The van der Waals surface area contributed by atoms with E-state index in [-0.39, 0.29) is 18.6 Å². The summed E-state index contributed by atoms with van der Waals surface area (Å²) in [6.45, 7) is 3.02. The first-order chi connectivity index (χ1) is 14.0. The van der Waals surface area contributed by atoms with Crippen LogP contribution in [0.5, 0.6) is 5.88 Å². The van der Waals surface area contributed by atoms with E-state index in [2.05, 4.69) is 20.9 Å². The van der Waals surface area contributed by atoms with Crippen LogP contribution in [-0.4, -0.2) is 47.3 Å². The highest BCUT2D eigenvalue weighted by Gasteiger charge is 2.30. The second-order valence-corrected chi connectivity index (χ2v) is 6.91. The molecule has 0 spiro atoms. The predicted octanol–water partition coefficient (Wildman–Crippen LogP) is 3.93. The van der Waals surface area contributed by atoms with Gasteiger partial charge in [0.1, 0.15) is 12.7 Å². The molecule has 1 aliphatic heterocycles. The number of nitrogens with zero attached hydrogens (tertiary/aromatic N) is 3. The third-order valence-corrected chi connectivity index (χ3v) is 4.84. The summed E-state index contributed by atoms with van der Waals surface area (Å²) in [4.78, 5) is 10.4. The molecule has 0 aliphatic carbocycles. The van der Waals surface area contributed by atoms with Gasteiger partial charge in [0.15, 0.2) is 0 Å². The Morgan fingerprint density at radius 1 is 1.10 bits per heavy atom. The quantitative estimate of drug-likeness (QED) is 0.646. The minimum atomic E-state index is -4.41. The largest absolute Gasteiger partial charge is 0.475 e. The standard InChI is InChI=1S/C21H20F3N3O2/c22-21(23,24)16-5-6-20(26-11-16)29-14-17-13-27(9-10-28-17)12-15-7-8-25-19-4-2-1-3-18(15)19/h1-8,11,17H,9-10,12-14H2. The number of ether oxygens (including phenoxy) is 2. The first kappa shape index (κ1) is 19.6. The van der Waals surface area contributed by atoms with Crippen LogP contribution < -0.4 is 4.74 Å². The van der Waals surface area contributed by atoms with Crippen LogP contribution in [0, 0.1) is 0 Å². The fourth-order valence-electron chi connectivity index (χ4n) is 3.37. The van der Waals surface area contributed by atoms with Crippen molar-refractivity contribution < 1.29 is 22.6 Å². The molecular formula is C21H20F3N3O2. The lowest BCUT2D eigenvalue weighted by molar-refractivity contribution is -0.137. The molecule has 0 radical (unpaired) electrons. The molecular weight excluding hydrogens is 383 g/mol. The van der Waals surface area contributed by atoms with Crippen molar-refractivity contribution in [1.29, 1.82) is 0 Å². The van der Waals surface area contributed by atoms with Crippen molar-refractivity contribution in [1.82, 2.24) is 14.9 Å². The van der Waals surface area contributed by atoms with Gasteiger partial charge in [-0.2, -0.15) is 13.2 Å². The molecule has 0 amide bonds. The Hall–Kier alpha value is -2.71. The summed E-state index contributed by atoms with van der Waals surface area (Å²) in [5.74, 6) is 0.152. The van der Waals surface area contributed by atoms with E-state index in [1.165, 1.54) is 11.6 Å². The van der Waals surface area contributed by atoms with Crippen molar-refractivity contribution in [2.45, 2.75) is 18.8 Å². The third-order valence-electron chi connectivity index (χ3n) is 4.84. The van der Waals surface area contributed by atoms with Crippen LogP contribution in [0.3, 0.4) is 0 Å². The molecule has 0 saturated carbocycles. The summed E-state index contributed by atoms with van der Waals surface area (Å²) in [5, 5.41) is 1.13. The maximum absolute atomic E-state index is 12.6. The first-order valence-electron chi connectivity index (χ1n) is 9.32. The van der Waals surface area contributed by atoms with E-state index in [1.54, 1.807) is 0 Å². The molecule has 152 valence electrons.